The molecule has 142 valence electrons. The van der Waals surface area contributed by atoms with Crippen LogP contribution in [0.15, 0.2) is 6.20 Å². The predicted octanol–water partition coefficient (Wildman–Crippen LogP) is -0.241. The van der Waals surface area contributed by atoms with Gasteiger partial charge < -0.3 is 10.1 Å². The van der Waals surface area contributed by atoms with Crippen molar-refractivity contribution in [3.63, 3.8) is 0 Å². The molecule has 0 spiro atoms. The summed E-state index contributed by atoms with van der Waals surface area (Å²) in [5, 5.41) is 9.72. The van der Waals surface area contributed by atoms with Crippen LogP contribution in [0, 0.1) is 0 Å². The van der Waals surface area contributed by atoms with Crippen molar-refractivity contribution in [1.82, 2.24) is 25.0 Å². The molecule has 1 atom stereocenters. The van der Waals surface area contributed by atoms with Crippen molar-refractivity contribution in [3.05, 3.63) is 11.9 Å². The molecule has 12 heteroatoms. The lowest BCUT2D eigenvalue weighted by Crippen LogP contribution is -2.50. The fraction of sp³-hybridized carbons (Fsp3) is 0.692. The molecule has 0 fully saturated rings. The van der Waals surface area contributed by atoms with Crippen molar-refractivity contribution in [2.45, 2.75) is 45.4 Å². The molecule has 2 amide bonds. The number of rotatable bonds is 7. The van der Waals surface area contributed by atoms with Crippen molar-refractivity contribution >= 4 is 22.0 Å². The molecule has 1 rings (SSSR count). The van der Waals surface area contributed by atoms with Crippen molar-refractivity contribution < 1.29 is 27.1 Å². The van der Waals surface area contributed by atoms with Gasteiger partial charge in [-0.05, 0) is 20.8 Å². The van der Waals surface area contributed by atoms with Crippen LogP contribution in [0.1, 0.15) is 26.5 Å². The van der Waals surface area contributed by atoms with Crippen molar-refractivity contribution in [2.75, 3.05) is 12.9 Å². The summed E-state index contributed by atoms with van der Waals surface area (Å²) in [6, 6.07) is -1.26. The number of nitrogens with zero attached hydrogens (tertiary/aromatic N) is 3. The van der Waals surface area contributed by atoms with Gasteiger partial charge in [0, 0.05) is 12.6 Å². The number of hydrogen-bond acceptors (Lipinski definition) is 7. The highest BCUT2D eigenvalue weighted by Gasteiger charge is 2.27. The molecule has 0 aliphatic rings. The highest BCUT2D eigenvalue weighted by Crippen LogP contribution is 2.08. The molecule has 0 radical (unpaired) electrons. The molecule has 0 aliphatic heterocycles. The number of alkyl halides is 1. The van der Waals surface area contributed by atoms with Crippen LogP contribution in [0.2, 0.25) is 0 Å². The van der Waals surface area contributed by atoms with Crippen LogP contribution in [-0.2, 0) is 32.5 Å². The number of ether oxygens (including phenoxy) is 1. The Morgan fingerprint density at radius 1 is 1.40 bits per heavy atom. The first-order valence-corrected chi connectivity index (χ1v) is 9.25. The standard InChI is InChI=1S/C13H22FN5O5S/c1-13(2,3)24-12(21)15-10(11(20)17-25(4,22)23)7-9-8-19(6-5-14)18-16-9/h8,10H,5-7H2,1-4H3,(H,15,21)(H,17,20). The Morgan fingerprint density at radius 3 is 2.56 bits per heavy atom. The minimum atomic E-state index is -3.82. The fourth-order valence-electron chi connectivity index (χ4n) is 1.75. The lowest BCUT2D eigenvalue weighted by atomic mass is 10.1. The molecule has 1 aromatic rings. The van der Waals surface area contributed by atoms with Crippen LogP contribution in [0.4, 0.5) is 9.18 Å². The average molecular weight is 379 g/mol. The molecule has 1 heterocycles. The minimum absolute atomic E-state index is 0.00725. The van der Waals surface area contributed by atoms with Gasteiger partial charge in [0.25, 0.3) is 5.91 Å². The van der Waals surface area contributed by atoms with Gasteiger partial charge in [-0.1, -0.05) is 5.21 Å². The van der Waals surface area contributed by atoms with E-state index in [1.165, 1.54) is 10.9 Å². The van der Waals surface area contributed by atoms with Gasteiger partial charge >= 0.3 is 6.09 Å². The smallest absolute Gasteiger partial charge is 0.408 e. The predicted molar refractivity (Wildman–Crippen MR) is 85.8 cm³/mol. The van der Waals surface area contributed by atoms with Crippen molar-refractivity contribution in [2.24, 2.45) is 0 Å². The third kappa shape index (κ3) is 8.42. The maximum Gasteiger partial charge on any atom is 0.408 e. The Balaban J connectivity index is 2.89. The first kappa shape index (κ1) is 20.8. The van der Waals surface area contributed by atoms with Gasteiger partial charge in [-0.3, -0.25) is 9.52 Å². The first-order chi connectivity index (χ1) is 11.4. The van der Waals surface area contributed by atoms with Crippen LogP contribution < -0.4 is 10.0 Å². The van der Waals surface area contributed by atoms with E-state index in [1.807, 2.05) is 0 Å². The summed E-state index contributed by atoms with van der Waals surface area (Å²) in [5.74, 6) is -0.951. The topological polar surface area (TPSA) is 132 Å². The van der Waals surface area contributed by atoms with E-state index < -0.39 is 40.3 Å². The maximum absolute atomic E-state index is 12.3. The maximum atomic E-state index is 12.3. The number of carbonyl (C=O) groups excluding carboxylic acids is 2. The van der Waals surface area contributed by atoms with Crippen LogP contribution in [0.3, 0.4) is 0 Å². The molecule has 0 bridgehead atoms. The summed E-state index contributed by atoms with van der Waals surface area (Å²) >= 11 is 0. The van der Waals surface area contributed by atoms with Gasteiger partial charge in [0.15, 0.2) is 0 Å². The molecule has 2 N–H and O–H groups in total. The molecule has 1 aromatic heterocycles. The van der Waals surface area contributed by atoms with Crippen LogP contribution in [-0.4, -0.2) is 60.0 Å². The van der Waals surface area contributed by atoms with Gasteiger partial charge in [-0.25, -0.2) is 22.3 Å². The molecular weight excluding hydrogens is 357 g/mol. The molecular formula is C13H22FN5O5S. The van der Waals surface area contributed by atoms with E-state index in [4.69, 9.17) is 4.74 Å². The molecule has 1 unspecified atom stereocenters. The lowest BCUT2D eigenvalue weighted by molar-refractivity contribution is -0.121. The zero-order chi connectivity index (χ0) is 19.3. The Kier molecular flexibility index (Phi) is 6.85. The van der Waals surface area contributed by atoms with Gasteiger partial charge in [-0.2, -0.15) is 0 Å². The second kappa shape index (κ2) is 8.23. The number of aromatic nitrogens is 3. The Morgan fingerprint density at radius 2 is 2.04 bits per heavy atom. The van der Waals surface area contributed by atoms with Crippen LogP contribution in [0.25, 0.3) is 0 Å². The number of halogens is 1. The molecule has 10 nitrogen and oxygen atoms in total. The van der Waals surface area contributed by atoms with Gasteiger partial charge in [0.1, 0.15) is 18.3 Å². The zero-order valence-electron chi connectivity index (χ0n) is 14.4. The number of carbonyl (C=O) groups is 2. The van der Waals surface area contributed by atoms with Crippen LogP contribution >= 0.6 is 0 Å². The van der Waals surface area contributed by atoms with Crippen LogP contribution in [0.5, 0.6) is 0 Å². The number of alkyl carbamates (subject to hydrolysis) is 1. The van der Waals surface area contributed by atoms with Gasteiger partial charge in [0.05, 0.1) is 18.5 Å². The van der Waals surface area contributed by atoms with E-state index in [0.717, 1.165) is 6.26 Å². The second-order valence-corrected chi connectivity index (χ2v) is 8.05. The summed E-state index contributed by atoms with van der Waals surface area (Å²) < 4.78 is 42.9. The fourth-order valence-corrected chi connectivity index (χ4v) is 2.26. The molecule has 0 aromatic carbocycles. The zero-order valence-corrected chi connectivity index (χ0v) is 15.3. The third-order valence-electron chi connectivity index (χ3n) is 2.61. The second-order valence-electron chi connectivity index (χ2n) is 6.30. The monoisotopic (exact) mass is 379 g/mol. The summed E-state index contributed by atoms with van der Waals surface area (Å²) in [7, 11) is -3.82. The summed E-state index contributed by atoms with van der Waals surface area (Å²) in [4.78, 5) is 24.0. The third-order valence-corrected chi connectivity index (χ3v) is 3.18. The number of amides is 2. The van der Waals surface area contributed by atoms with Crippen molar-refractivity contribution in [1.29, 1.82) is 0 Å². The quantitative estimate of drug-likeness (QED) is 0.668. The minimum Gasteiger partial charge on any atom is -0.444 e. The van der Waals surface area contributed by atoms with E-state index in [0.29, 0.717) is 0 Å². The summed E-state index contributed by atoms with van der Waals surface area (Å²) in [6.07, 6.45) is 1.18. The number of aryl methyl sites for hydroxylation is 1. The highest BCUT2D eigenvalue weighted by atomic mass is 32.2. The van der Waals surface area contributed by atoms with E-state index in [-0.39, 0.29) is 18.7 Å². The Hall–Kier alpha value is -2.24. The van der Waals surface area contributed by atoms with E-state index >= 15 is 0 Å². The summed E-state index contributed by atoms with van der Waals surface area (Å²) in [6.45, 7) is 4.27. The van der Waals surface area contributed by atoms with E-state index in [2.05, 4.69) is 15.6 Å². The largest absolute Gasteiger partial charge is 0.444 e. The van der Waals surface area contributed by atoms with Gasteiger partial charge in [-0.15, -0.1) is 5.10 Å². The number of nitrogens with one attached hydrogen (secondary N) is 2. The van der Waals surface area contributed by atoms with Crippen molar-refractivity contribution in [3.8, 4) is 0 Å². The van der Waals surface area contributed by atoms with E-state index in [9.17, 15) is 22.4 Å². The lowest BCUT2D eigenvalue weighted by Gasteiger charge is -2.22. The SMILES string of the molecule is CC(C)(C)OC(=O)NC(Cc1cn(CCF)nn1)C(=O)NS(C)(=O)=O. The van der Waals surface area contributed by atoms with E-state index in [1.54, 1.807) is 25.5 Å². The summed E-state index contributed by atoms with van der Waals surface area (Å²) in [5.41, 5.74) is -0.523. The Labute approximate surface area is 145 Å². The highest BCUT2D eigenvalue weighted by molar-refractivity contribution is 7.89. The molecule has 0 saturated carbocycles. The number of sulfonamides is 1. The molecule has 0 aliphatic carbocycles. The van der Waals surface area contributed by atoms with Gasteiger partial charge in [0.2, 0.25) is 10.0 Å². The normalized spacial score (nSPS) is 13.2. The Bertz CT molecular complexity index is 713. The number of hydrogen-bond donors (Lipinski definition) is 2. The molecule has 25 heavy (non-hydrogen) atoms. The average Bonchev–Trinajstić information content (AvgIpc) is 2.81. The molecule has 0 saturated heterocycles. The first-order valence-electron chi connectivity index (χ1n) is 7.36.